The molecular formula is C19H23BrFN5O. The van der Waals surface area contributed by atoms with E-state index >= 15 is 0 Å². The van der Waals surface area contributed by atoms with E-state index in [0.29, 0.717) is 36.7 Å². The van der Waals surface area contributed by atoms with Crippen molar-refractivity contribution in [3.8, 4) is 0 Å². The summed E-state index contributed by atoms with van der Waals surface area (Å²) >= 11 is 3.25. The number of nitrogens with zero attached hydrogens (tertiary/aromatic N) is 2. The fourth-order valence-corrected chi connectivity index (χ4v) is 2.67. The number of hydrogen-bond acceptors (Lipinski definition) is 3. The number of halogens is 2. The van der Waals surface area contributed by atoms with Crippen molar-refractivity contribution in [3.05, 3.63) is 58.6 Å². The minimum Gasteiger partial charge on any atom is -0.357 e. The first-order valence-corrected chi connectivity index (χ1v) is 9.53. The normalized spacial score (nSPS) is 11.1. The fourth-order valence-electron chi connectivity index (χ4n) is 2.34. The zero-order chi connectivity index (χ0) is 19.5. The van der Waals surface area contributed by atoms with Crippen molar-refractivity contribution < 1.29 is 9.18 Å². The number of aromatic nitrogens is 1. The molecule has 0 aliphatic carbocycles. The third kappa shape index (κ3) is 7.74. The highest BCUT2D eigenvalue weighted by atomic mass is 79.9. The Morgan fingerprint density at radius 3 is 2.85 bits per heavy atom. The minimum atomic E-state index is -0.225. The summed E-state index contributed by atoms with van der Waals surface area (Å²) < 4.78 is 14.5. The van der Waals surface area contributed by atoms with Gasteiger partial charge in [0.05, 0.1) is 11.9 Å². The van der Waals surface area contributed by atoms with E-state index in [2.05, 4.69) is 41.9 Å². The van der Waals surface area contributed by atoms with Crippen molar-refractivity contribution in [2.24, 2.45) is 4.99 Å². The molecule has 0 saturated carbocycles. The number of amides is 1. The van der Waals surface area contributed by atoms with Gasteiger partial charge in [-0.1, -0.05) is 22.0 Å². The first-order chi connectivity index (χ1) is 13.1. The number of carbonyl (C=O) groups excluding carboxylic acids is 1. The molecule has 2 aromatic rings. The lowest BCUT2D eigenvalue weighted by molar-refractivity contribution is -0.114. The molecule has 0 atom stereocenters. The maximum Gasteiger partial charge on any atom is 0.246 e. The topological polar surface area (TPSA) is 78.4 Å². The van der Waals surface area contributed by atoms with Gasteiger partial charge in [0, 0.05) is 23.8 Å². The Morgan fingerprint density at radius 1 is 1.30 bits per heavy atom. The summed E-state index contributed by atoms with van der Waals surface area (Å²) in [5.41, 5.74) is 1.31. The Hall–Kier alpha value is -2.48. The second-order valence-corrected chi connectivity index (χ2v) is 6.67. The first-order valence-electron chi connectivity index (χ1n) is 8.74. The number of benzene rings is 1. The summed E-state index contributed by atoms with van der Waals surface area (Å²) in [4.78, 5) is 20.2. The van der Waals surface area contributed by atoms with Gasteiger partial charge in [-0.3, -0.25) is 9.78 Å². The van der Waals surface area contributed by atoms with Crippen LogP contribution in [-0.2, 0) is 11.2 Å². The Balaban J connectivity index is 1.78. The van der Waals surface area contributed by atoms with Crippen LogP contribution in [0.2, 0.25) is 0 Å². The highest BCUT2D eigenvalue weighted by Crippen LogP contribution is 2.16. The fraction of sp³-hybridized carbons (Fsp3) is 0.316. The number of pyridine rings is 1. The van der Waals surface area contributed by atoms with Crippen LogP contribution in [0.25, 0.3) is 0 Å². The average molecular weight is 436 g/mol. The Kier molecular flexibility index (Phi) is 8.70. The number of hydrogen-bond donors (Lipinski definition) is 3. The predicted molar refractivity (Wildman–Crippen MR) is 109 cm³/mol. The Bertz CT molecular complexity index is 770. The van der Waals surface area contributed by atoms with Gasteiger partial charge < -0.3 is 16.0 Å². The molecule has 0 spiro atoms. The molecular weight excluding hydrogens is 413 g/mol. The van der Waals surface area contributed by atoms with Crippen LogP contribution in [0.5, 0.6) is 0 Å². The number of rotatable bonds is 8. The molecule has 1 heterocycles. The van der Waals surface area contributed by atoms with Gasteiger partial charge in [0.15, 0.2) is 5.96 Å². The van der Waals surface area contributed by atoms with Gasteiger partial charge in [-0.2, -0.15) is 0 Å². The molecule has 0 saturated heterocycles. The van der Waals surface area contributed by atoms with Gasteiger partial charge in [0.25, 0.3) is 0 Å². The van der Waals surface area contributed by atoms with Crippen molar-refractivity contribution in [1.29, 1.82) is 0 Å². The van der Waals surface area contributed by atoms with Crippen molar-refractivity contribution in [1.82, 2.24) is 15.6 Å². The maximum absolute atomic E-state index is 13.8. The van der Waals surface area contributed by atoms with E-state index in [1.165, 1.54) is 6.07 Å². The van der Waals surface area contributed by atoms with Crippen LogP contribution >= 0.6 is 15.9 Å². The number of guanidine groups is 1. The van der Waals surface area contributed by atoms with Crippen molar-refractivity contribution in [3.63, 3.8) is 0 Å². The molecule has 3 N–H and O–H groups in total. The van der Waals surface area contributed by atoms with Crippen LogP contribution in [-0.4, -0.2) is 36.5 Å². The number of anilines is 1. The SMILES string of the molecule is CCNC(=NCC(=O)Nc1cccnc1)NCCCc1ccc(Br)cc1F. The Labute approximate surface area is 166 Å². The molecule has 0 bridgehead atoms. The highest BCUT2D eigenvalue weighted by molar-refractivity contribution is 9.10. The number of carbonyl (C=O) groups is 1. The molecule has 2 rings (SSSR count). The van der Waals surface area contributed by atoms with Crippen molar-refractivity contribution >= 4 is 33.5 Å². The molecule has 1 aromatic carbocycles. The molecule has 144 valence electrons. The lowest BCUT2D eigenvalue weighted by atomic mass is 10.1. The Morgan fingerprint density at radius 2 is 2.15 bits per heavy atom. The summed E-state index contributed by atoms with van der Waals surface area (Å²) in [7, 11) is 0. The standard InChI is InChI=1S/C19H23BrFN5O/c1-2-23-19(25-13-18(27)26-16-6-4-9-22-12-16)24-10-3-5-14-7-8-15(20)11-17(14)21/h4,6-9,11-12H,2-3,5,10,13H2,1H3,(H,26,27)(H2,23,24,25). The second kappa shape index (κ2) is 11.3. The van der Waals surface area contributed by atoms with E-state index < -0.39 is 0 Å². The molecule has 0 radical (unpaired) electrons. The molecule has 0 unspecified atom stereocenters. The predicted octanol–water partition coefficient (Wildman–Crippen LogP) is 3.11. The van der Waals surface area contributed by atoms with Crippen molar-refractivity contribution in [2.45, 2.75) is 19.8 Å². The highest BCUT2D eigenvalue weighted by Gasteiger charge is 2.05. The first kappa shape index (κ1) is 20.8. The zero-order valence-corrected chi connectivity index (χ0v) is 16.7. The van der Waals surface area contributed by atoms with Crippen LogP contribution in [0.4, 0.5) is 10.1 Å². The van der Waals surface area contributed by atoms with Crippen LogP contribution in [0.1, 0.15) is 18.9 Å². The summed E-state index contributed by atoms with van der Waals surface area (Å²) in [6, 6.07) is 8.59. The van der Waals surface area contributed by atoms with Crippen LogP contribution in [0, 0.1) is 5.82 Å². The van der Waals surface area contributed by atoms with Gasteiger partial charge in [0.1, 0.15) is 12.4 Å². The van der Waals surface area contributed by atoms with Gasteiger partial charge >= 0.3 is 0 Å². The van der Waals surface area contributed by atoms with Crippen LogP contribution < -0.4 is 16.0 Å². The molecule has 27 heavy (non-hydrogen) atoms. The van der Waals surface area contributed by atoms with E-state index in [1.807, 2.05) is 13.0 Å². The lowest BCUT2D eigenvalue weighted by Gasteiger charge is -2.11. The largest absolute Gasteiger partial charge is 0.357 e. The van der Waals surface area contributed by atoms with Gasteiger partial charge in [-0.15, -0.1) is 0 Å². The third-order valence-corrected chi connectivity index (χ3v) is 4.09. The molecule has 0 aliphatic heterocycles. The monoisotopic (exact) mass is 435 g/mol. The molecule has 1 amide bonds. The number of nitrogens with one attached hydrogen (secondary N) is 3. The number of aliphatic imine (C=N–C) groups is 1. The average Bonchev–Trinajstić information content (AvgIpc) is 2.65. The zero-order valence-electron chi connectivity index (χ0n) is 15.1. The molecule has 0 fully saturated rings. The second-order valence-electron chi connectivity index (χ2n) is 5.75. The van der Waals surface area contributed by atoms with E-state index in [4.69, 9.17) is 0 Å². The van der Waals surface area contributed by atoms with E-state index in [0.717, 1.165) is 10.9 Å². The maximum atomic E-state index is 13.8. The lowest BCUT2D eigenvalue weighted by Crippen LogP contribution is -2.38. The van der Waals surface area contributed by atoms with Crippen LogP contribution in [0.15, 0.2) is 52.2 Å². The van der Waals surface area contributed by atoms with E-state index in [9.17, 15) is 9.18 Å². The smallest absolute Gasteiger partial charge is 0.246 e. The minimum absolute atomic E-state index is 0.00837. The summed E-state index contributed by atoms with van der Waals surface area (Å²) in [5, 5.41) is 8.97. The van der Waals surface area contributed by atoms with Crippen molar-refractivity contribution in [2.75, 3.05) is 25.0 Å². The summed E-state index contributed by atoms with van der Waals surface area (Å²) in [6.07, 6.45) is 4.57. The summed E-state index contributed by atoms with van der Waals surface area (Å²) in [6.45, 7) is 3.23. The molecule has 1 aromatic heterocycles. The van der Waals surface area contributed by atoms with E-state index in [-0.39, 0.29) is 18.3 Å². The van der Waals surface area contributed by atoms with Gasteiger partial charge in [-0.05, 0) is 49.6 Å². The van der Waals surface area contributed by atoms with Gasteiger partial charge in [-0.25, -0.2) is 9.38 Å². The number of aryl methyl sites for hydroxylation is 1. The van der Waals surface area contributed by atoms with Gasteiger partial charge in [0.2, 0.25) is 5.91 Å². The molecule has 6 nitrogen and oxygen atoms in total. The van der Waals surface area contributed by atoms with E-state index in [1.54, 1.807) is 30.6 Å². The molecule has 8 heteroatoms. The third-order valence-electron chi connectivity index (χ3n) is 3.60. The quantitative estimate of drug-likeness (QED) is 0.338. The summed E-state index contributed by atoms with van der Waals surface area (Å²) in [5.74, 6) is 0.115. The molecule has 0 aliphatic rings. The van der Waals surface area contributed by atoms with Crippen LogP contribution in [0.3, 0.4) is 0 Å².